The number of hydrogen-bond acceptors (Lipinski definition) is 5. The molecule has 3 heterocycles. The van der Waals surface area contributed by atoms with E-state index in [1.807, 2.05) is 77.7 Å². The van der Waals surface area contributed by atoms with Gasteiger partial charge in [-0.05, 0) is 79.7 Å². The van der Waals surface area contributed by atoms with Crippen molar-refractivity contribution in [2.24, 2.45) is 13.0 Å². The minimum atomic E-state index is -0.131. The molecule has 1 amide bonds. The van der Waals surface area contributed by atoms with Gasteiger partial charge in [-0.25, -0.2) is 0 Å². The quantitative estimate of drug-likeness (QED) is 0.356. The SMILES string of the molecule is Cn1c(C(=O)Nc2ccccc2COc2ccc(OCC3CCNCC3)cc2)cc2sccc21. The molecule has 1 saturated heterocycles. The highest BCUT2D eigenvalue weighted by Gasteiger charge is 2.16. The molecular formula is C27H29N3O3S. The van der Waals surface area contributed by atoms with Gasteiger partial charge in [-0.15, -0.1) is 11.3 Å². The van der Waals surface area contributed by atoms with Gasteiger partial charge >= 0.3 is 0 Å². The van der Waals surface area contributed by atoms with E-state index in [1.54, 1.807) is 11.3 Å². The number of para-hydroxylation sites is 1. The first kappa shape index (κ1) is 22.5. The van der Waals surface area contributed by atoms with Crippen LogP contribution < -0.4 is 20.1 Å². The van der Waals surface area contributed by atoms with Gasteiger partial charge in [0.1, 0.15) is 23.8 Å². The van der Waals surface area contributed by atoms with Crippen LogP contribution in [0.25, 0.3) is 10.2 Å². The molecule has 0 spiro atoms. The second-order valence-corrected chi connectivity index (χ2v) is 9.58. The summed E-state index contributed by atoms with van der Waals surface area (Å²) in [5, 5.41) is 8.47. The molecule has 0 bridgehead atoms. The van der Waals surface area contributed by atoms with E-state index in [4.69, 9.17) is 9.47 Å². The number of nitrogens with zero attached hydrogens (tertiary/aromatic N) is 1. The molecule has 4 aromatic rings. The van der Waals surface area contributed by atoms with Crippen LogP contribution in [0.3, 0.4) is 0 Å². The van der Waals surface area contributed by atoms with Crippen molar-refractivity contribution in [2.75, 3.05) is 25.0 Å². The zero-order valence-corrected chi connectivity index (χ0v) is 20.1. The van der Waals surface area contributed by atoms with E-state index in [9.17, 15) is 4.79 Å². The van der Waals surface area contributed by atoms with Gasteiger partial charge in [-0.3, -0.25) is 4.79 Å². The zero-order valence-electron chi connectivity index (χ0n) is 19.3. The third kappa shape index (κ3) is 5.11. The van der Waals surface area contributed by atoms with Crippen molar-refractivity contribution in [3.8, 4) is 11.5 Å². The Morgan fingerprint density at radius 1 is 1.06 bits per heavy atom. The van der Waals surface area contributed by atoms with Crippen molar-refractivity contribution in [3.05, 3.63) is 77.3 Å². The molecule has 1 aliphatic rings. The van der Waals surface area contributed by atoms with E-state index in [2.05, 4.69) is 10.6 Å². The number of ether oxygens (including phenoxy) is 2. The molecule has 0 aliphatic carbocycles. The lowest BCUT2D eigenvalue weighted by molar-refractivity contribution is 0.101. The maximum atomic E-state index is 13.0. The third-order valence-electron chi connectivity index (χ3n) is 6.32. The molecule has 1 fully saturated rings. The zero-order chi connectivity index (χ0) is 23.3. The monoisotopic (exact) mass is 475 g/mol. The number of piperidine rings is 1. The highest BCUT2D eigenvalue weighted by molar-refractivity contribution is 7.17. The van der Waals surface area contributed by atoms with Crippen molar-refractivity contribution in [3.63, 3.8) is 0 Å². The molecule has 7 heteroatoms. The van der Waals surface area contributed by atoms with Crippen LogP contribution >= 0.6 is 11.3 Å². The van der Waals surface area contributed by atoms with Crippen LogP contribution in [-0.4, -0.2) is 30.2 Å². The van der Waals surface area contributed by atoms with Gasteiger partial charge in [0.15, 0.2) is 0 Å². The molecule has 34 heavy (non-hydrogen) atoms. The van der Waals surface area contributed by atoms with Crippen molar-refractivity contribution >= 4 is 33.1 Å². The lowest BCUT2D eigenvalue weighted by Gasteiger charge is -2.22. The van der Waals surface area contributed by atoms with E-state index < -0.39 is 0 Å². The highest BCUT2D eigenvalue weighted by Crippen LogP contribution is 2.26. The summed E-state index contributed by atoms with van der Waals surface area (Å²) >= 11 is 1.63. The molecule has 5 rings (SSSR count). The van der Waals surface area contributed by atoms with Gasteiger partial charge in [0.05, 0.1) is 16.8 Å². The Hall–Kier alpha value is -3.29. The molecule has 2 N–H and O–H groups in total. The van der Waals surface area contributed by atoms with Crippen molar-refractivity contribution in [1.29, 1.82) is 0 Å². The molecule has 0 atom stereocenters. The standard InChI is InChI=1S/C27H29N3O3S/c1-30-24-12-15-34-26(24)16-25(30)27(31)29-23-5-3-2-4-20(23)18-33-22-8-6-21(7-9-22)32-17-19-10-13-28-14-11-19/h2-9,12,15-16,19,28H,10-11,13-14,17-18H2,1H3,(H,29,31). The fraction of sp³-hybridized carbons (Fsp3) is 0.296. The smallest absolute Gasteiger partial charge is 0.272 e. The number of rotatable bonds is 8. The Labute approximate surface area is 203 Å². The summed E-state index contributed by atoms with van der Waals surface area (Å²) in [4.78, 5) is 13.0. The maximum Gasteiger partial charge on any atom is 0.272 e. The first-order valence-corrected chi connectivity index (χ1v) is 12.5. The van der Waals surface area contributed by atoms with Crippen molar-refractivity contribution < 1.29 is 14.3 Å². The minimum absolute atomic E-state index is 0.131. The summed E-state index contributed by atoms with van der Waals surface area (Å²) in [6.45, 7) is 3.26. The van der Waals surface area contributed by atoms with E-state index in [-0.39, 0.29) is 5.91 Å². The summed E-state index contributed by atoms with van der Waals surface area (Å²) in [6, 6.07) is 19.4. The van der Waals surface area contributed by atoms with Crippen molar-refractivity contribution in [1.82, 2.24) is 9.88 Å². The highest BCUT2D eigenvalue weighted by atomic mass is 32.1. The molecule has 0 radical (unpaired) electrons. The summed E-state index contributed by atoms with van der Waals surface area (Å²) in [5.74, 6) is 2.11. The lowest BCUT2D eigenvalue weighted by atomic mass is 9.99. The van der Waals surface area contributed by atoms with E-state index >= 15 is 0 Å². The third-order valence-corrected chi connectivity index (χ3v) is 7.18. The Bertz CT molecular complexity index is 1260. The Kier molecular flexibility index (Phi) is 6.83. The molecule has 2 aromatic carbocycles. The largest absolute Gasteiger partial charge is 0.493 e. The van der Waals surface area contributed by atoms with Crippen LogP contribution in [0.2, 0.25) is 0 Å². The van der Waals surface area contributed by atoms with E-state index in [0.717, 1.165) is 52.7 Å². The van der Waals surface area contributed by atoms with Crippen LogP contribution in [-0.2, 0) is 13.7 Å². The van der Waals surface area contributed by atoms with Crippen LogP contribution in [0.1, 0.15) is 28.9 Å². The number of fused-ring (bicyclic) bond motifs is 1. The predicted octanol–water partition coefficient (Wildman–Crippen LogP) is 5.45. The number of benzene rings is 2. The summed E-state index contributed by atoms with van der Waals surface area (Å²) in [5.41, 5.74) is 3.37. The lowest BCUT2D eigenvalue weighted by Crippen LogP contribution is -2.30. The Balaban J connectivity index is 1.19. The number of thiophene rings is 1. The minimum Gasteiger partial charge on any atom is -0.493 e. The summed E-state index contributed by atoms with van der Waals surface area (Å²) < 4.78 is 15.0. The van der Waals surface area contributed by atoms with Gasteiger partial charge in [0, 0.05) is 18.3 Å². The Morgan fingerprint density at radius 2 is 1.79 bits per heavy atom. The number of hydrogen-bond donors (Lipinski definition) is 2. The maximum absolute atomic E-state index is 13.0. The van der Waals surface area contributed by atoms with Gasteiger partial charge in [-0.1, -0.05) is 18.2 Å². The van der Waals surface area contributed by atoms with E-state index in [0.29, 0.717) is 18.2 Å². The molecular weight excluding hydrogens is 446 g/mol. The van der Waals surface area contributed by atoms with Gasteiger partial charge in [0.2, 0.25) is 0 Å². The summed E-state index contributed by atoms with van der Waals surface area (Å²) in [6.07, 6.45) is 2.33. The molecule has 176 valence electrons. The van der Waals surface area contributed by atoms with Crippen molar-refractivity contribution in [2.45, 2.75) is 19.4 Å². The molecule has 0 unspecified atom stereocenters. The van der Waals surface area contributed by atoms with Crippen LogP contribution in [0, 0.1) is 5.92 Å². The second kappa shape index (κ2) is 10.3. The topological polar surface area (TPSA) is 64.5 Å². The van der Waals surface area contributed by atoms with Gasteiger partial charge in [-0.2, -0.15) is 0 Å². The summed E-state index contributed by atoms with van der Waals surface area (Å²) in [7, 11) is 1.92. The fourth-order valence-corrected chi connectivity index (χ4v) is 5.13. The second-order valence-electron chi connectivity index (χ2n) is 8.63. The first-order valence-electron chi connectivity index (χ1n) is 11.7. The molecule has 0 saturated carbocycles. The average Bonchev–Trinajstić information content (AvgIpc) is 3.46. The predicted molar refractivity (Wildman–Crippen MR) is 137 cm³/mol. The normalized spacial score (nSPS) is 14.3. The number of amides is 1. The van der Waals surface area contributed by atoms with E-state index in [1.165, 1.54) is 12.8 Å². The number of aryl methyl sites for hydroxylation is 1. The van der Waals surface area contributed by atoms with Gasteiger partial charge < -0.3 is 24.7 Å². The molecule has 6 nitrogen and oxygen atoms in total. The number of nitrogens with one attached hydrogen (secondary N) is 2. The van der Waals surface area contributed by atoms with Crippen LogP contribution in [0.15, 0.2) is 66.0 Å². The first-order chi connectivity index (χ1) is 16.7. The molecule has 1 aliphatic heterocycles. The fourth-order valence-electron chi connectivity index (χ4n) is 4.28. The number of carbonyl (C=O) groups excluding carboxylic acids is 1. The average molecular weight is 476 g/mol. The number of anilines is 1. The van der Waals surface area contributed by atoms with Gasteiger partial charge in [0.25, 0.3) is 5.91 Å². The number of carbonyl (C=O) groups is 1. The van der Waals surface area contributed by atoms with Crippen LogP contribution in [0.4, 0.5) is 5.69 Å². The number of aromatic nitrogens is 1. The molecule has 2 aromatic heterocycles. The van der Waals surface area contributed by atoms with Crippen LogP contribution in [0.5, 0.6) is 11.5 Å². The Morgan fingerprint density at radius 3 is 2.56 bits per heavy atom.